The van der Waals surface area contributed by atoms with E-state index < -0.39 is 0 Å². The molecular formula is C20H36N2O3. The third-order valence-electron chi connectivity index (χ3n) is 5.68. The van der Waals surface area contributed by atoms with Crippen LogP contribution in [-0.4, -0.2) is 49.6 Å². The van der Waals surface area contributed by atoms with Crippen molar-refractivity contribution in [3.8, 4) is 0 Å². The molecule has 2 fully saturated rings. The Hall–Kier alpha value is -1.10. The van der Waals surface area contributed by atoms with Crippen LogP contribution in [0.1, 0.15) is 77.0 Å². The van der Waals surface area contributed by atoms with Crippen LogP contribution in [0.3, 0.4) is 0 Å². The molecule has 0 aromatic rings. The number of hydrogen-bond acceptors (Lipinski definition) is 3. The van der Waals surface area contributed by atoms with Crippen LogP contribution >= 0.6 is 0 Å². The fourth-order valence-electron chi connectivity index (χ4n) is 3.85. The van der Waals surface area contributed by atoms with Gasteiger partial charge in [0, 0.05) is 45.7 Å². The minimum atomic E-state index is 0.0387. The van der Waals surface area contributed by atoms with Crippen molar-refractivity contribution in [1.29, 1.82) is 0 Å². The third-order valence-corrected chi connectivity index (χ3v) is 5.68. The standard InChI is InChI=1S/C20H36N2O3/c1-22(14-11-17-12-15-25-16-13-17)20(24)10-9-19(23)21-18-7-5-3-2-4-6-8-18/h17-18H,2-16H2,1H3,(H,21,23). The van der Waals surface area contributed by atoms with Crippen LogP contribution in [0.25, 0.3) is 0 Å². The Bertz CT molecular complexity index is 400. The Balaban J connectivity index is 1.59. The molecule has 2 rings (SSSR count). The Kier molecular flexibility index (Phi) is 9.30. The van der Waals surface area contributed by atoms with Crippen LogP contribution in [0.2, 0.25) is 0 Å². The van der Waals surface area contributed by atoms with E-state index in [1.807, 2.05) is 7.05 Å². The van der Waals surface area contributed by atoms with Gasteiger partial charge in [0.1, 0.15) is 0 Å². The van der Waals surface area contributed by atoms with E-state index in [1.54, 1.807) is 4.90 Å². The molecule has 1 N–H and O–H groups in total. The SMILES string of the molecule is CN(CCC1CCOCC1)C(=O)CCC(=O)NC1CCCCCCC1. The summed E-state index contributed by atoms with van der Waals surface area (Å²) in [6.45, 7) is 2.49. The van der Waals surface area contributed by atoms with E-state index in [2.05, 4.69) is 5.32 Å². The summed E-state index contributed by atoms with van der Waals surface area (Å²) in [7, 11) is 1.86. The van der Waals surface area contributed by atoms with Crippen molar-refractivity contribution in [1.82, 2.24) is 10.2 Å². The van der Waals surface area contributed by atoms with Crippen molar-refractivity contribution in [2.75, 3.05) is 26.8 Å². The molecule has 2 aliphatic rings. The molecule has 5 nitrogen and oxygen atoms in total. The maximum Gasteiger partial charge on any atom is 0.222 e. The molecule has 1 heterocycles. The van der Waals surface area contributed by atoms with Crippen LogP contribution in [-0.2, 0) is 14.3 Å². The first-order valence-electron chi connectivity index (χ1n) is 10.3. The number of amides is 2. The molecule has 5 heteroatoms. The van der Waals surface area contributed by atoms with Gasteiger partial charge in [0.15, 0.2) is 0 Å². The smallest absolute Gasteiger partial charge is 0.222 e. The lowest BCUT2D eigenvalue weighted by molar-refractivity contribution is -0.132. The number of hydrogen-bond donors (Lipinski definition) is 1. The average Bonchev–Trinajstić information content (AvgIpc) is 2.60. The highest BCUT2D eigenvalue weighted by molar-refractivity contribution is 5.83. The fraction of sp³-hybridized carbons (Fsp3) is 0.900. The average molecular weight is 353 g/mol. The Morgan fingerprint density at radius 1 is 0.960 bits per heavy atom. The predicted octanol–water partition coefficient (Wildman–Crippen LogP) is 3.27. The quantitative estimate of drug-likeness (QED) is 0.765. The van der Waals surface area contributed by atoms with Crippen molar-refractivity contribution in [2.24, 2.45) is 5.92 Å². The summed E-state index contributed by atoms with van der Waals surface area (Å²) in [5.74, 6) is 0.795. The van der Waals surface area contributed by atoms with Gasteiger partial charge in [-0.3, -0.25) is 9.59 Å². The predicted molar refractivity (Wildman–Crippen MR) is 99.3 cm³/mol. The van der Waals surface area contributed by atoms with Crippen LogP contribution < -0.4 is 5.32 Å². The zero-order valence-electron chi connectivity index (χ0n) is 15.9. The summed E-state index contributed by atoms with van der Waals surface area (Å²) < 4.78 is 5.37. The summed E-state index contributed by atoms with van der Waals surface area (Å²) in [6.07, 6.45) is 12.4. The second-order valence-corrected chi connectivity index (χ2v) is 7.77. The van der Waals surface area contributed by atoms with E-state index in [0.717, 1.165) is 51.9 Å². The highest BCUT2D eigenvalue weighted by Gasteiger charge is 2.18. The summed E-state index contributed by atoms with van der Waals surface area (Å²) >= 11 is 0. The molecule has 0 aromatic heterocycles. The van der Waals surface area contributed by atoms with E-state index in [1.165, 1.54) is 32.1 Å². The molecule has 1 saturated heterocycles. The monoisotopic (exact) mass is 352 g/mol. The Morgan fingerprint density at radius 2 is 1.60 bits per heavy atom. The molecule has 0 atom stereocenters. The van der Waals surface area contributed by atoms with Gasteiger partial charge in [-0.25, -0.2) is 0 Å². The Labute approximate surface area is 152 Å². The molecule has 0 unspecified atom stereocenters. The van der Waals surface area contributed by atoms with Gasteiger partial charge in [-0.2, -0.15) is 0 Å². The molecule has 1 aliphatic carbocycles. The van der Waals surface area contributed by atoms with Crippen molar-refractivity contribution in [3.05, 3.63) is 0 Å². The largest absolute Gasteiger partial charge is 0.381 e. The van der Waals surface area contributed by atoms with Gasteiger partial charge in [-0.05, 0) is 38.0 Å². The molecule has 25 heavy (non-hydrogen) atoms. The molecule has 0 spiro atoms. The van der Waals surface area contributed by atoms with E-state index in [0.29, 0.717) is 24.8 Å². The lowest BCUT2D eigenvalue weighted by atomic mass is 9.96. The van der Waals surface area contributed by atoms with E-state index in [9.17, 15) is 9.59 Å². The molecule has 0 bridgehead atoms. The number of nitrogens with zero attached hydrogens (tertiary/aromatic N) is 1. The summed E-state index contributed by atoms with van der Waals surface area (Å²) in [5.41, 5.74) is 0. The van der Waals surface area contributed by atoms with Gasteiger partial charge < -0.3 is 15.0 Å². The number of carbonyl (C=O) groups is 2. The van der Waals surface area contributed by atoms with Gasteiger partial charge in [-0.15, -0.1) is 0 Å². The first-order valence-corrected chi connectivity index (χ1v) is 10.3. The summed E-state index contributed by atoms with van der Waals surface area (Å²) in [4.78, 5) is 26.2. The van der Waals surface area contributed by atoms with Crippen molar-refractivity contribution < 1.29 is 14.3 Å². The number of nitrogens with one attached hydrogen (secondary N) is 1. The van der Waals surface area contributed by atoms with E-state index in [-0.39, 0.29) is 11.8 Å². The second-order valence-electron chi connectivity index (χ2n) is 7.77. The minimum Gasteiger partial charge on any atom is -0.381 e. The number of ether oxygens (including phenoxy) is 1. The minimum absolute atomic E-state index is 0.0387. The van der Waals surface area contributed by atoms with Crippen LogP contribution in [0.15, 0.2) is 0 Å². The molecule has 0 radical (unpaired) electrons. The van der Waals surface area contributed by atoms with E-state index >= 15 is 0 Å². The van der Waals surface area contributed by atoms with Crippen molar-refractivity contribution in [2.45, 2.75) is 83.1 Å². The first kappa shape index (κ1) is 20.2. The molecule has 0 aromatic carbocycles. The second kappa shape index (κ2) is 11.5. The van der Waals surface area contributed by atoms with Gasteiger partial charge in [-0.1, -0.05) is 32.1 Å². The van der Waals surface area contributed by atoms with Gasteiger partial charge in [0.2, 0.25) is 11.8 Å². The highest BCUT2D eigenvalue weighted by Crippen LogP contribution is 2.19. The van der Waals surface area contributed by atoms with Gasteiger partial charge >= 0.3 is 0 Å². The van der Waals surface area contributed by atoms with Crippen LogP contribution in [0, 0.1) is 5.92 Å². The zero-order chi connectivity index (χ0) is 17.9. The first-order chi connectivity index (χ1) is 12.1. The van der Waals surface area contributed by atoms with Gasteiger partial charge in [0.25, 0.3) is 0 Å². The molecule has 2 amide bonds. The van der Waals surface area contributed by atoms with Crippen molar-refractivity contribution >= 4 is 11.8 Å². The molecular weight excluding hydrogens is 316 g/mol. The lowest BCUT2D eigenvalue weighted by Crippen LogP contribution is -2.36. The van der Waals surface area contributed by atoms with Crippen LogP contribution in [0.5, 0.6) is 0 Å². The van der Waals surface area contributed by atoms with Crippen LogP contribution in [0.4, 0.5) is 0 Å². The zero-order valence-corrected chi connectivity index (χ0v) is 15.9. The fourth-order valence-corrected chi connectivity index (χ4v) is 3.85. The normalized spacial score (nSPS) is 20.5. The molecule has 144 valence electrons. The maximum atomic E-state index is 12.2. The molecule has 1 saturated carbocycles. The van der Waals surface area contributed by atoms with E-state index in [4.69, 9.17) is 4.74 Å². The molecule has 1 aliphatic heterocycles. The topological polar surface area (TPSA) is 58.6 Å². The third kappa shape index (κ3) is 8.21. The lowest BCUT2D eigenvalue weighted by Gasteiger charge is -2.25. The Morgan fingerprint density at radius 3 is 2.28 bits per heavy atom. The number of rotatable bonds is 7. The highest BCUT2D eigenvalue weighted by atomic mass is 16.5. The van der Waals surface area contributed by atoms with Crippen molar-refractivity contribution in [3.63, 3.8) is 0 Å². The summed E-state index contributed by atoms with van der Waals surface area (Å²) in [6, 6.07) is 0.314. The number of carbonyl (C=O) groups excluding carboxylic acids is 2. The maximum absolute atomic E-state index is 12.2. The summed E-state index contributed by atoms with van der Waals surface area (Å²) in [5, 5.41) is 3.14. The van der Waals surface area contributed by atoms with Gasteiger partial charge in [0.05, 0.1) is 0 Å².